The maximum absolute atomic E-state index is 7.44. The lowest BCUT2D eigenvalue weighted by molar-refractivity contribution is 1.04. The van der Waals surface area contributed by atoms with Crippen molar-refractivity contribution in [2.24, 2.45) is 0 Å². The van der Waals surface area contributed by atoms with Crippen LogP contribution in [0, 0.1) is 0 Å². The molecule has 48 valence electrons. The van der Waals surface area contributed by atoms with Crippen molar-refractivity contribution < 1.29 is 4.11 Å². The number of anilines is 1. The minimum Gasteiger partial charge on any atom is -0.399 e. The van der Waals surface area contributed by atoms with E-state index in [4.69, 9.17) is 9.85 Å². The predicted molar refractivity (Wildman–Crippen MR) is 38.0 cm³/mol. The van der Waals surface area contributed by atoms with Gasteiger partial charge in [0.15, 0.2) is 0 Å². The van der Waals surface area contributed by atoms with Crippen molar-refractivity contribution in [3.05, 3.63) is 24.0 Å². The largest absolute Gasteiger partial charge is 0.399 e. The Bertz CT molecular complexity index is 312. The highest BCUT2D eigenvalue weighted by atomic mass is 14.7. The van der Waals surface area contributed by atoms with Gasteiger partial charge in [-0.2, -0.15) is 0 Å². The molecule has 2 heteroatoms. The van der Waals surface area contributed by atoms with Crippen LogP contribution in [0.15, 0.2) is 18.3 Å². The second-order valence-corrected chi connectivity index (χ2v) is 1.69. The number of nitrogens with two attached hydrogens (primary N) is 1. The normalized spacial score (nSPS) is 14.1. The van der Waals surface area contributed by atoms with Crippen LogP contribution in [0.3, 0.4) is 0 Å². The fourth-order valence-corrected chi connectivity index (χ4v) is 0.538. The Morgan fingerprint density at radius 2 is 2.67 bits per heavy atom. The summed E-state index contributed by atoms with van der Waals surface area (Å²) in [6.07, 6.45) is 0.412. The van der Waals surface area contributed by atoms with Crippen molar-refractivity contribution in [2.45, 2.75) is 13.3 Å². The molecule has 0 bridgehead atoms. The third-order valence-corrected chi connectivity index (χ3v) is 0.995. The lowest BCUT2D eigenvalue weighted by Crippen LogP contribution is -1.89. The average molecular weight is 125 g/mol. The average Bonchev–Trinajstić information content (AvgIpc) is 2.08. The zero-order valence-electron chi connectivity index (χ0n) is 8.23. The van der Waals surface area contributed by atoms with Crippen LogP contribution in [-0.2, 0) is 6.42 Å². The van der Waals surface area contributed by atoms with E-state index >= 15 is 0 Å². The molecule has 0 atom stereocenters. The van der Waals surface area contributed by atoms with E-state index in [1.807, 2.05) is 6.92 Å². The first kappa shape index (κ1) is 3.20. The number of aromatic nitrogens is 1. The molecule has 0 aliphatic rings. The van der Waals surface area contributed by atoms with Gasteiger partial charge in [-0.1, -0.05) is 6.92 Å². The molecule has 0 spiro atoms. The van der Waals surface area contributed by atoms with E-state index in [-0.39, 0.29) is 23.9 Å². The van der Waals surface area contributed by atoms with Crippen molar-refractivity contribution >= 4 is 5.69 Å². The van der Waals surface area contributed by atoms with E-state index < -0.39 is 0 Å². The molecule has 0 radical (unpaired) electrons. The number of nitrogens with zero attached hydrogens (tertiary/aromatic N) is 1. The first-order valence-electron chi connectivity index (χ1n) is 4.30. The number of nitrogen functional groups attached to an aromatic ring is 1. The van der Waals surface area contributed by atoms with Crippen LogP contribution in [0.2, 0.25) is 0 Å². The van der Waals surface area contributed by atoms with E-state index in [9.17, 15) is 0 Å². The Morgan fingerprint density at radius 3 is 3.33 bits per heavy atom. The number of aryl methyl sites for hydroxylation is 1. The van der Waals surface area contributed by atoms with Gasteiger partial charge < -0.3 is 5.73 Å². The van der Waals surface area contributed by atoms with Gasteiger partial charge in [0.2, 0.25) is 0 Å². The van der Waals surface area contributed by atoms with Gasteiger partial charge in [-0.15, -0.1) is 0 Å². The van der Waals surface area contributed by atoms with Crippen LogP contribution in [0.1, 0.15) is 16.7 Å². The minimum atomic E-state index is -0.155. The fraction of sp³-hybridized carbons (Fsp3) is 0.286. The third-order valence-electron chi connectivity index (χ3n) is 0.995. The summed E-state index contributed by atoms with van der Waals surface area (Å²) < 4.78 is 21.9. The van der Waals surface area contributed by atoms with Crippen molar-refractivity contribution in [3.63, 3.8) is 0 Å². The molecule has 0 saturated carbocycles. The monoisotopic (exact) mass is 125 g/mol. The van der Waals surface area contributed by atoms with Crippen LogP contribution >= 0.6 is 0 Å². The maximum atomic E-state index is 7.44. The first-order valence-corrected chi connectivity index (χ1v) is 2.80. The van der Waals surface area contributed by atoms with Gasteiger partial charge in [-0.05, 0) is 18.5 Å². The molecule has 1 heterocycles. The Balaban J connectivity index is 3.39. The zero-order chi connectivity index (χ0) is 9.30. The highest BCUT2D eigenvalue weighted by Crippen LogP contribution is 2.01. The van der Waals surface area contributed by atoms with E-state index in [0.717, 1.165) is 0 Å². The van der Waals surface area contributed by atoms with E-state index in [1.54, 1.807) is 0 Å². The third kappa shape index (κ3) is 1.42. The first-order chi connectivity index (χ1) is 5.57. The van der Waals surface area contributed by atoms with Gasteiger partial charge in [0.25, 0.3) is 0 Å². The standard InChI is InChI=1S/C7H10N2/c1-2-7-5-6(8)3-4-9-7/h3-5H,2H2,1H3,(H2,8,9)/i3D,4D,5D. The summed E-state index contributed by atoms with van der Waals surface area (Å²) in [5.74, 6) is 0. The molecule has 0 aliphatic carbocycles. The van der Waals surface area contributed by atoms with Crippen molar-refractivity contribution in [1.29, 1.82) is 0 Å². The summed E-state index contributed by atoms with van der Waals surface area (Å²) in [6, 6.07) is -0.0734. The molecule has 1 rings (SSSR count). The molecule has 1 aromatic rings. The van der Waals surface area contributed by atoms with Crippen LogP contribution < -0.4 is 5.73 Å². The topological polar surface area (TPSA) is 38.9 Å². The second-order valence-electron chi connectivity index (χ2n) is 1.69. The zero-order valence-corrected chi connectivity index (χ0v) is 5.23. The van der Waals surface area contributed by atoms with Gasteiger partial charge in [0, 0.05) is 17.6 Å². The summed E-state index contributed by atoms with van der Waals surface area (Å²) in [4.78, 5) is 3.76. The summed E-state index contributed by atoms with van der Waals surface area (Å²) in [5.41, 5.74) is 5.95. The molecule has 9 heavy (non-hydrogen) atoms. The molecule has 0 aliphatic heterocycles. The quantitative estimate of drug-likeness (QED) is 0.613. The molecular formula is C7H10N2. The molecule has 0 fully saturated rings. The molecule has 0 amide bonds. The predicted octanol–water partition coefficient (Wildman–Crippen LogP) is 1.23. The number of hydrogen-bond acceptors (Lipinski definition) is 2. The summed E-state index contributed by atoms with van der Waals surface area (Å²) >= 11 is 0. The fourth-order valence-electron chi connectivity index (χ4n) is 0.538. The van der Waals surface area contributed by atoms with E-state index in [1.165, 1.54) is 0 Å². The lowest BCUT2D eigenvalue weighted by Gasteiger charge is -1.94. The van der Waals surface area contributed by atoms with E-state index in [2.05, 4.69) is 4.98 Å². The summed E-state index contributed by atoms with van der Waals surface area (Å²) in [5, 5.41) is 0. The van der Waals surface area contributed by atoms with Gasteiger partial charge in [0.1, 0.15) is 0 Å². The molecule has 0 aromatic carbocycles. The maximum Gasteiger partial charge on any atom is 0.0841 e. The van der Waals surface area contributed by atoms with Crippen LogP contribution in [0.5, 0.6) is 0 Å². The van der Waals surface area contributed by atoms with E-state index in [0.29, 0.717) is 12.1 Å². The molecule has 0 unspecified atom stereocenters. The van der Waals surface area contributed by atoms with Crippen LogP contribution in [0.25, 0.3) is 0 Å². The highest BCUT2D eigenvalue weighted by molar-refractivity contribution is 5.36. The van der Waals surface area contributed by atoms with Gasteiger partial charge in [0.05, 0.1) is 4.11 Å². The Labute approximate surface area is 58.9 Å². The minimum absolute atomic E-state index is 0.0480. The van der Waals surface area contributed by atoms with Gasteiger partial charge >= 0.3 is 0 Å². The lowest BCUT2D eigenvalue weighted by atomic mass is 10.3. The highest BCUT2D eigenvalue weighted by Gasteiger charge is 1.87. The number of hydrogen-bond donors (Lipinski definition) is 1. The Kier molecular flexibility index (Phi) is 0.884. The summed E-state index contributed by atoms with van der Waals surface area (Å²) in [7, 11) is 0. The molecule has 2 N–H and O–H groups in total. The van der Waals surface area contributed by atoms with Crippen LogP contribution in [-0.4, -0.2) is 4.98 Å². The van der Waals surface area contributed by atoms with Crippen molar-refractivity contribution in [3.8, 4) is 0 Å². The molecule has 0 saturated heterocycles. The van der Waals surface area contributed by atoms with Gasteiger partial charge in [-0.25, -0.2) is 0 Å². The SMILES string of the molecule is [2H]c1nc(CC)c([2H])c(N)c1[2H]. The van der Waals surface area contributed by atoms with Gasteiger partial charge in [-0.3, -0.25) is 4.98 Å². The van der Waals surface area contributed by atoms with Crippen molar-refractivity contribution in [2.75, 3.05) is 5.73 Å². The summed E-state index contributed by atoms with van der Waals surface area (Å²) in [6.45, 7) is 1.84. The second kappa shape index (κ2) is 2.49. The Morgan fingerprint density at radius 1 is 1.89 bits per heavy atom. The molecule has 1 aromatic heterocycles. The van der Waals surface area contributed by atoms with Crippen LogP contribution in [0.4, 0.5) is 5.69 Å². The van der Waals surface area contributed by atoms with Crippen molar-refractivity contribution in [1.82, 2.24) is 4.98 Å². The molecule has 2 nitrogen and oxygen atoms in total. The Hall–Kier alpha value is -1.05. The number of rotatable bonds is 1. The smallest absolute Gasteiger partial charge is 0.0841 e. The number of pyridine rings is 1. The molecular weight excluding hydrogens is 112 g/mol.